The molecule has 0 saturated carbocycles. The molecule has 1 aromatic carbocycles. The zero-order valence-electron chi connectivity index (χ0n) is 12.7. The molecule has 0 aliphatic rings. The molecule has 0 saturated heterocycles. The van der Waals surface area contributed by atoms with Gasteiger partial charge >= 0.3 is 0 Å². The van der Waals surface area contributed by atoms with E-state index in [0.717, 1.165) is 36.8 Å². The second-order valence-corrected chi connectivity index (χ2v) is 5.62. The average molecular weight is 275 g/mol. The topological polar surface area (TPSA) is 34.4 Å². The number of hydrogen-bond donors (Lipinski definition) is 1. The van der Waals surface area contributed by atoms with Gasteiger partial charge in [-0.2, -0.15) is 0 Å². The Hall–Kier alpha value is -1.32. The van der Waals surface area contributed by atoms with Crippen LogP contribution in [0.5, 0.6) is 0 Å². The standard InChI is InChI=1S/C17H25NO2/c1-13(2)7-6-10-19-12-15-14-8-4-5-9-16(14)20-17(15)11-18-3/h4-5,8-9,13,18H,6-7,10-12H2,1-3H3. The van der Waals surface area contributed by atoms with Crippen molar-refractivity contribution in [3.63, 3.8) is 0 Å². The van der Waals surface area contributed by atoms with Crippen LogP contribution in [0.25, 0.3) is 11.0 Å². The number of nitrogens with one attached hydrogen (secondary N) is 1. The maximum Gasteiger partial charge on any atom is 0.134 e. The van der Waals surface area contributed by atoms with Crippen LogP contribution >= 0.6 is 0 Å². The van der Waals surface area contributed by atoms with Crippen molar-refractivity contribution >= 4 is 11.0 Å². The summed E-state index contributed by atoms with van der Waals surface area (Å²) < 4.78 is 11.7. The van der Waals surface area contributed by atoms with Crippen LogP contribution in [0.3, 0.4) is 0 Å². The Morgan fingerprint density at radius 3 is 2.80 bits per heavy atom. The number of rotatable bonds is 8. The van der Waals surface area contributed by atoms with E-state index in [0.29, 0.717) is 6.61 Å². The molecule has 3 nitrogen and oxygen atoms in total. The molecule has 0 radical (unpaired) electrons. The van der Waals surface area contributed by atoms with Gasteiger partial charge in [-0.1, -0.05) is 32.0 Å². The third-order valence-corrected chi connectivity index (χ3v) is 3.44. The molecule has 1 heterocycles. The summed E-state index contributed by atoms with van der Waals surface area (Å²) in [5.74, 6) is 1.73. The summed E-state index contributed by atoms with van der Waals surface area (Å²) in [6.07, 6.45) is 2.34. The first-order chi connectivity index (χ1) is 9.72. The van der Waals surface area contributed by atoms with Gasteiger partial charge in [-0.25, -0.2) is 0 Å². The lowest BCUT2D eigenvalue weighted by molar-refractivity contribution is 0.114. The maximum atomic E-state index is 5.89. The van der Waals surface area contributed by atoms with Gasteiger partial charge in [0.1, 0.15) is 11.3 Å². The predicted octanol–water partition coefficient (Wildman–Crippen LogP) is 4.11. The smallest absolute Gasteiger partial charge is 0.134 e. The van der Waals surface area contributed by atoms with Gasteiger partial charge in [0.15, 0.2) is 0 Å². The normalized spacial score (nSPS) is 11.6. The van der Waals surface area contributed by atoms with Crippen molar-refractivity contribution in [2.75, 3.05) is 13.7 Å². The highest BCUT2D eigenvalue weighted by molar-refractivity contribution is 5.82. The molecule has 0 unspecified atom stereocenters. The van der Waals surface area contributed by atoms with Crippen LogP contribution < -0.4 is 5.32 Å². The van der Waals surface area contributed by atoms with Crippen molar-refractivity contribution in [2.24, 2.45) is 5.92 Å². The molecule has 20 heavy (non-hydrogen) atoms. The number of ether oxygens (including phenoxy) is 1. The first-order valence-electron chi connectivity index (χ1n) is 7.44. The lowest BCUT2D eigenvalue weighted by atomic mass is 10.1. The Labute approximate surface area is 121 Å². The summed E-state index contributed by atoms with van der Waals surface area (Å²) in [6, 6.07) is 8.16. The first-order valence-corrected chi connectivity index (χ1v) is 7.44. The molecule has 0 atom stereocenters. The fourth-order valence-corrected chi connectivity index (χ4v) is 2.38. The van der Waals surface area contributed by atoms with Gasteiger partial charge in [-0.05, 0) is 31.9 Å². The maximum absolute atomic E-state index is 5.89. The molecule has 0 bridgehead atoms. The fourth-order valence-electron chi connectivity index (χ4n) is 2.38. The van der Waals surface area contributed by atoms with E-state index < -0.39 is 0 Å². The summed E-state index contributed by atoms with van der Waals surface area (Å²) in [5, 5.41) is 4.32. The minimum atomic E-state index is 0.631. The van der Waals surface area contributed by atoms with E-state index in [2.05, 4.69) is 25.2 Å². The second kappa shape index (κ2) is 7.46. The summed E-state index contributed by atoms with van der Waals surface area (Å²) in [7, 11) is 1.93. The molecule has 0 aliphatic heterocycles. The second-order valence-electron chi connectivity index (χ2n) is 5.62. The SMILES string of the molecule is CNCc1oc2ccccc2c1COCCCC(C)C. The van der Waals surface area contributed by atoms with Crippen molar-refractivity contribution in [1.82, 2.24) is 5.32 Å². The Morgan fingerprint density at radius 2 is 2.05 bits per heavy atom. The minimum absolute atomic E-state index is 0.631. The van der Waals surface area contributed by atoms with Crippen LogP contribution in [0, 0.1) is 5.92 Å². The van der Waals surface area contributed by atoms with Gasteiger partial charge in [0.05, 0.1) is 13.2 Å². The van der Waals surface area contributed by atoms with Crippen LogP contribution in [-0.2, 0) is 17.9 Å². The Kier molecular flexibility index (Phi) is 5.62. The Balaban J connectivity index is 2.01. The van der Waals surface area contributed by atoms with Crippen molar-refractivity contribution in [2.45, 2.75) is 39.8 Å². The molecule has 2 rings (SSSR count). The van der Waals surface area contributed by atoms with E-state index in [-0.39, 0.29) is 0 Å². The van der Waals surface area contributed by atoms with Crippen LogP contribution in [-0.4, -0.2) is 13.7 Å². The van der Waals surface area contributed by atoms with E-state index in [1.165, 1.54) is 17.4 Å². The molecule has 1 N–H and O–H groups in total. The summed E-state index contributed by atoms with van der Waals surface area (Å²) in [4.78, 5) is 0. The summed E-state index contributed by atoms with van der Waals surface area (Å²) in [6.45, 7) is 6.67. The highest BCUT2D eigenvalue weighted by Crippen LogP contribution is 2.26. The molecular weight excluding hydrogens is 250 g/mol. The van der Waals surface area contributed by atoms with E-state index in [4.69, 9.17) is 9.15 Å². The highest BCUT2D eigenvalue weighted by atomic mass is 16.5. The molecule has 1 aromatic heterocycles. The van der Waals surface area contributed by atoms with E-state index in [1.54, 1.807) is 0 Å². The highest BCUT2D eigenvalue weighted by Gasteiger charge is 2.13. The lowest BCUT2D eigenvalue weighted by Crippen LogP contribution is -2.07. The van der Waals surface area contributed by atoms with Gasteiger partial charge in [-0.15, -0.1) is 0 Å². The van der Waals surface area contributed by atoms with Gasteiger partial charge in [0, 0.05) is 17.6 Å². The number of furan rings is 1. The fraction of sp³-hybridized carbons (Fsp3) is 0.529. The van der Waals surface area contributed by atoms with Crippen molar-refractivity contribution in [1.29, 1.82) is 0 Å². The van der Waals surface area contributed by atoms with Crippen LogP contribution in [0.2, 0.25) is 0 Å². The van der Waals surface area contributed by atoms with Crippen LogP contribution in [0.1, 0.15) is 38.0 Å². The zero-order valence-corrected chi connectivity index (χ0v) is 12.7. The van der Waals surface area contributed by atoms with E-state index in [9.17, 15) is 0 Å². The van der Waals surface area contributed by atoms with Crippen molar-refractivity contribution < 1.29 is 9.15 Å². The lowest BCUT2D eigenvalue weighted by Gasteiger charge is -2.07. The van der Waals surface area contributed by atoms with Gasteiger partial charge < -0.3 is 14.5 Å². The van der Waals surface area contributed by atoms with Gasteiger partial charge in [-0.3, -0.25) is 0 Å². The summed E-state index contributed by atoms with van der Waals surface area (Å²) in [5.41, 5.74) is 2.12. The predicted molar refractivity (Wildman–Crippen MR) is 82.7 cm³/mol. The van der Waals surface area contributed by atoms with Crippen molar-refractivity contribution in [3.8, 4) is 0 Å². The third-order valence-electron chi connectivity index (χ3n) is 3.44. The molecule has 2 aromatic rings. The van der Waals surface area contributed by atoms with Crippen LogP contribution in [0.4, 0.5) is 0 Å². The molecular formula is C17H25NO2. The van der Waals surface area contributed by atoms with E-state index in [1.807, 2.05) is 25.2 Å². The number of para-hydroxylation sites is 1. The quantitative estimate of drug-likeness (QED) is 0.736. The van der Waals surface area contributed by atoms with Gasteiger partial charge in [0.2, 0.25) is 0 Å². The minimum Gasteiger partial charge on any atom is -0.459 e. The molecule has 0 spiro atoms. The molecule has 0 aliphatic carbocycles. The summed E-state index contributed by atoms with van der Waals surface area (Å²) >= 11 is 0. The zero-order chi connectivity index (χ0) is 14.4. The first kappa shape index (κ1) is 15.1. The molecule has 110 valence electrons. The average Bonchev–Trinajstić information content (AvgIpc) is 2.76. The monoisotopic (exact) mass is 275 g/mol. The number of fused-ring (bicyclic) bond motifs is 1. The van der Waals surface area contributed by atoms with Crippen LogP contribution in [0.15, 0.2) is 28.7 Å². The Bertz CT molecular complexity index is 531. The molecule has 0 amide bonds. The number of hydrogen-bond acceptors (Lipinski definition) is 3. The molecule has 3 heteroatoms. The Morgan fingerprint density at radius 1 is 1.25 bits per heavy atom. The number of benzene rings is 1. The van der Waals surface area contributed by atoms with E-state index >= 15 is 0 Å². The largest absolute Gasteiger partial charge is 0.459 e. The molecule has 0 fully saturated rings. The third kappa shape index (κ3) is 3.84. The van der Waals surface area contributed by atoms with Gasteiger partial charge in [0.25, 0.3) is 0 Å². The van der Waals surface area contributed by atoms with Crippen molar-refractivity contribution in [3.05, 3.63) is 35.6 Å².